The molecular formula is C11H12N4O4S2. The van der Waals surface area contributed by atoms with Crippen LogP contribution in [0.25, 0.3) is 0 Å². The minimum atomic E-state index is -3.68. The summed E-state index contributed by atoms with van der Waals surface area (Å²) in [5, 5.41) is 18.9. The summed E-state index contributed by atoms with van der Waals surface area (Å²) >= 11 is 0.965. The summed E-state index contributed by atoms with van der Waals surface area (Å²) in [6.07, 6.45) is 1.83. The average molecular weight is 328 g/mol. The van der Waals surface area contributed by atoms with Gasteiger partial charge in [0.15, 0.2) is 5.13 Å². The van der Waals surface area contributed by atoms with E-state index in [9.17, 15) is 18.5 Å². The summed E-state index contributed by atoms with van der Waals surface area (Å²) in [4.78, 5) is 14.0. The van der Waals surface area contributed by atoms with E-state index in [2.05, 4.69) is 10.3 Å². The van der Waals surface area contributed by atoms with E-state index < -0.39 is 14.9 Å². The van der Waals surface area contributed by atoms with E-state index in [1.165, 1.54) is 18.3 Å². The van der Waals surface area contributed by atoms with Crippen molar-refractivity contribution in [3.8, 4) is 0 Å². The number of hydrogen-bond acceptors (Lipinski definition) is 7. The highest BCUT2D eigenvalue weighted by molar-refractivity contribution is 7.89. The number of nitro groups is 1. The van der Waals surface area contributed by atoms with Crippen molar-refractivity contribution in [2.45, 2.75) is 11.3 Å². The normalized spacial score (nSPS) is 11.3. The van der Waals surface area contributed by atoms with Crippen molar-refractivity contribution >= 4 is 31.5 Å². The number of primary sulfonamides is 1. The maximum Gasteiger partial charge on any atom is 0.345 e. The Morgan fingerprint density at radius 1 is 1.33 bits per heavy atom. The lowest BCUT2D eigenvalue weighted by molar-refractivity contribution is -0.380. The van der Waals surface area contributed by atoms with E-state index in [4.69, 9.17) is 5.14 Å². The number of nitrogens with two attached hydrogens (primary N) is 1. The van der Waals surface area contributed by atoms with Crippen LogP contribution in [0, 0.1) is 10.1 Å². The molecule has 1 aromatic carbocycles. The van der Waals surface area contributed by atoms with Crippen molar-refractivity contribution in [1.29, 1.82) is 0 Å². The van der Waals surface area contributed by atoms with E-state index >= 15 is 0 Å². The molecule has 10 heteroatoms. The number of aromatic nitrogens is 1. The van der Waals surface area contributed by atoms with Crippen molar-refractivity contribution in [3.05, 3.63) is 46.1 Å². The molecule has 0 unspecified atom stereocenters. The zero-order valence-electron chi connectivity index (χ0n) is 10.7. The van der Waals surface area contributed by atoms with E-state index in [1.54, 1.807) is 12.1 Å². The highest BCUT2D eigenvalue weighted by Gasteiger charge is 2.11. The second kappa shape index (κ2) is 6.16. The van der Waals surface area contributed by atoms with Crippen LogP contribution in [-0.2, 0) is 16.4 Å². The Bertz CT molecular complexity index is 740. The number of rotatable bonds is 6. The van der Waals surface area contributed by atoms with Crippen LogP contribution in [0.1, 0.15) is 5.56 Å². The molecule has 0 bridgehead atoms. The van der Waals surface area contributed by atoms with Crippen molar-refractivity contribution in [1.82, 2.24) is 4.98 Å². The number of anilines is 1. The first-order valence-corrected chi connectivity index (χ1v) is 8.18. The standard InChI is InChI=1S/C11H12N4O4S2/c12-21(18,19)9-3-1-8(2-4-9)5-6-13-11-14-7-10(20-11)15(16)17/h1-4,7H,5-6H2,(H,13,14)(H2,12,18,19). The molecule has 2 rings (SSSR count). The Balaban J connectivity index is 1.89. The van der Waals surface area contributed by atoms with Crippen LogP contribution in [0.3, 0.4) is 0 Å². The molecule has 0 radical (unpaired) electrons. The second-order valence-corrected chi connectivity index (χ2v) is 6.70. The van der Waals surface area contributed by atoms with E-state index in [0.717, 1.165) is 16.9 Å². The lowest BCUT2D eigenvalue weighted by Gasteiger charge is -2.04. The zero-order chi connectivity index (χ0) is 15.5. The molecule has 0 atom stereocenters. The van der Waals surface area contributed by atoms with Gasteiger partial charge in [-0.2, -0.15) is 0 Å². The topological polar surface area (TPSA) is 128 Å². The summed E-state index contributed by atoms with van der Waals surface area (Å²) < 4.78 is 22.2. The van der Waals surface area contributed by atoms with E-state index in [0.29, 0.717) is 18.1 Å². The number of nitrogens with one attached hydrogen (secondary N) is 1. The Morgan fingerprint density at radius 3 is 2.52 bits per heavy atom. The van der Waals surface area contributed by atoms with Gasteiger partial charge in [0.1, 0.15) is 6.20 Å². The highest BCUT2D eigenvalue weighted by atomic mass is 32.2. The highest BCUT2D eigenvalue weighted by Crippen LogP contribution is 2.24. The summed E-state index contributed by atoms with van der Waals surface area (Å²) in [5.41, 5.74) is 0.918. The molecule has 0 amide bonds. The molecule has 0 aliphatic rings. The van der Waals surface area contributed by atoms with Crippen LogP contribution < -0.4 is 10.5 Å². The molecule has 0 aliphatic carbocycles. The molecule has 0 spiro atoms. The maximum atomic E-state index is 11.1. The third kappa shape index (κ3) is 4.21. The molecule has 1 aromatic heterocycles. The molecular weight excluding hydrogens is 316 g/mol. The van der Waals surface area contributed by atoms with Gasteiger partial charge in [0.25, 0.3) is 0 Å². The monoisotopic (exact) mass is 328 g/mol. The average Bonchev–Trinajstić information content (AvgIpc) is 2.87. The van der Waals surface area contributed by atoms with Crippen molar-refractivity contribution in [2.24, 2.45) is 5.14 Å². The number of thiazole rings is 1. The minimum absolute atomic E-state index is 0.0185. The molecule has 21 heavy (non-hydrogen) atoms. The van der Waals surface area contributed by atoms with Crippen molar-refractivity contribution in [2.75, 3.05) is 11.9 Å². The van der Waals surface area contributed by atoms with Gasteiger partial charge in [0.2, 0.25) is 10.0 Å². The predicted octanol–water partition coefficient (Wildman–Crippen LogP) is 1.35. The first-order chi connectivity index (χ1) is 9.86. The number of benzene rings is 1. The molecule has 0 aliphatic heterocycles. The fraction of sp³-hybridized carbons (Fsp3) is 0.182. The Morgan fingerprint density at radius 2 is 2.00 bits per heavy atom. The van der Waals surface area contributed by atoms with Crippen LogP contribution >= 0.6 is 11.3 Å². The third-order valence-electron chi connectivity index (χ3n) is 2.62. The summed E-state index contributed by atoms with van der Waals surface area (Å²) in [6.45, 7) is 0.527. The van der Waals surface area contributed by atoms with Crippen LogP contribution in [0.4, 0.5) is 10.1 Å². The van der Waals surface area contributed by atoms with Gasteiger partial charge in [-0.05, 0) is 35.5 Å². The first kappa shape index (κ1) is 15.4. The predicted molar refractivity (Wildman–Crippen MR) is 78.8 cm³/mol. The molecule has 112 valence electrons. The fourth-order valence-corrected chi connectivity index (χ4v) is 2.76. The smallest absolute Gasteiger partial charge is 0.345 e. The largest absolute Gasteiger partial charge is 0.361 e. The molecule has 2 aromatic rings. The number of hydrogen-bond donors (Lipinski definition) is 2. The van der Waals surface area contributed by atoms with E-state index in [-0.39, 0.29) is 9.90 Å². The van der Waals surface area contributed by atoms with Gasteiger partial charge < -0.3 is 5.32 Å². The van der Waals surface area contributed by atoms with Crippen LogP contribution in [0.5, 0.6) is 0 Å². The molecule has 1 heterocycles. The lowest BCUT2D eigenvalue weighted by atomic mass is 10.1. The Hall–Kier alpha value is -2.04. The number of nitrogens with zero attached hydrogens (tertiary/aromatic N) is 2. The Kier molecular flexibility index (Phi) is 4.50. The van der Waals surface area contributed by atoms with Gasteiger partial charge in [0.05, 0.1) is 9.82 Å². The van der Waals surface area contributed by atoms with Gasteiger partial charge in [-0.3, -0.25) is 10.1 Å². The SMILES string of the molecule is NS(=O)(=O)c1ccc(CCNc2ncc([N+](=O)[O-])s2)cc1. The fourth-order valence-electron chi connectivity index (χ4n) is 1.59. The van der Waals surface area contributed by atoms with Gasteiger partial charge in [-0.1, -0.05) is 12.1 Å². The number of sulfonamides is 1. The molecule has 8 nitrogen and oxygen atoms in total. The molecule has 0 saturated carbocycles. The van der Waals surface area contributed by atoms with Gasteiger partial charge in [0, 0.05) is 6.54 Å². The van der Waals surface area contributed by atoms with Gasteiger partial charge in [-0.25, -0.2) is 18.5 Å². The second-order valence-electron chi connectivity index (χ2n) is 4.13. The summed E-state index contributed by atoms with van der Waals surface area (Å²) in [7, 11) is -3.68. The summed E-state index contributed by atoms with van der Waals surface area (Å²) in [5.74, 6) is 0. The third-order valence-corrected chi connectivity index (χ3v) is 4.45. The minimum Gasteiger partial charge on any atom is -0.361 e. The quantitative estimate of drug-likeness (QED) is 0.608. The Labute approximate surface area is 124 Å². The van der Waals surface area contributed by atoms with Crippen LogP contribution in [-0.4, -0.2) is 24.9 Å². The summed E-state index contributed by atoms with van der Waals surface area (Å²) in [6, 6.07) is 6.23. The van der Waals surface area contributed by atoms with Crippen molar-refractivity contribution < 1.29 is 13.3 Å². The van der Waals surface area contributed by atoms with Crippen LogP contribution in [0.2, 0.25) is 0 Å². The first-order valence-electron chi connectivity index (χ1n) is 5.82. The van der Waals surface area contributed by atoms with E-state index in [1.807, 2.05) is 0 Å². The van der Waals surface area contributed by atoms with Gasteiger partial charge in [-0.15, -0.1) is 0 Å². The lowest BCUT2D eigenvalue weighted by Crippen LogP contribution is -2.12. The molecule has 0 fully saturated rings. The zero-order valence-corrected chi connectivity index (χ0v) is 12.4. The molecule has 3 N–H and O–H groups in total. The molecule has 0 saturated heterocycles. The maximum absolute atomic E-state index is 11.1. The van der Waals surface area contributed by atoms with Crippen LogP contribution in [0.15, 0.2) is 35.4 Å². The van der Waals surface area contributed by atoms with Crippen molar-refractivity contribution in [3.63, 3.8) is 0 Å². The van der Waals surface area contributed by atoms with Gasteiger partial charge >= 0.3 is 5.00 Å².